The van der Waals surface area contributed by atoms with Crippen molar-refractivity contribution in [2.24, 2.45) is 11.5 Å². The van der Waals surface area contributed by atoms with E-state index in [1.165, 1.54) is 0 Å². The Labute approximate surface area is 163 Å². The number of nitrogens with two attached hydrogens (primary N) is 2. The van der Waals surface area contributed by atoms with E-state index in [2.05, 4.69) is 0 Å². The summed E-state index contributed by atoms with van der Waals surface area (Å²) in [5.74, 6) is -3.88. The quantitative estimate of drug-likeness (QED) is 0.442. The summed E-state index contributed by atoms with van der Waals surface area (Å²) >= 11 is 0. The number of hydrogen-bond acceptors (Lipinski definition) is 5. The van der Waals surface area contributed by atoms with Crippen LogP contribution in [-0.2, 0) is 20.8 Å². The summed E-state index contributed by atoms with van der Waals surface area (Å²) in [6.07, 6.45) is -3.98. The van der Waals surface area contributed by atoms with Crippen LogP contribution in [0.4, 0.5) is 13.2 Å². The van der Waals surface area contributed by atoms with Gasteiger partial charge in [-0.1, -0.05) is 38.8 Å². The first-order valence-electron chi connectivity index (χ1n) is 9.17. The zero-order valence-electron chi connectivity index (χ0n) is 16.7. The van der Waals surface area contributed by atoms with Crippen LogP contribution in [0.3, 0.4) is 0 Å². The summed E-state index contributed by atoms with van der Waals surface area (Å²) in [4.78, 5) is 24.7. The Balaban J connectivity index is 3.35. The van der Waals surface area contributed by atoms with Crippen molar-refractivity contribution in [2.75, 3.05) is 5.75 Å². The van der Waals surface area contributed by atoms with Gasteiger partial charge in [0.15, 0.2) is 21.2 Å². The molecular weight excluding hydrogens is 397 g/mol. The molecule has 0 aliphatic heterocycles. The molecule has 1 aromatic carbocycles. The number of alkyl halides is 3. The largest absolute Gasteiger partial charge is 0.416 e. The Morgan fingerprint density at radius 2 is 1.57 bits per heavy atom. The minimum atomic E-state index is -4.64. The van der Waals surface area contributed by atoms with Crippen LogP contribution in [-0.4, -0.2) is 36.6 Å². The molecule has 0 bridgehead atoms. The molecule has 0 aromatic heterocycles. The van der Waals surface area contributed by atoms with Gasteiger partial charge in [0.1, 0.15) is 0 Å². The van der Waals surface area contributed by atoms with Crippen molar-refractivity contribution in [3.8, 4) is 0 Å². The minimum Gasteiger partial charge on any atom is -0.368 e. The van der Waals surface area contributed by atoms with E-state index in [1.54, 1.807) is 13.8 Å². The number of benzene rings is 1. The third kappa shape index (κ3) is 5.54. The maximum absolute atomic E-state index is 12.9. The minimum absolute atomic E-state index is 0.0352. The topological polar surface area (TPSA) is 120 Å². The van der Waals surface area contributed by atoms with Crippen molar-refractivity contribution >= 4 is 21.5 Å². The SMILES string of the molecule is [2H]C(CCC)(CCC)S(=O)(=O)C[C@](N)(C(N)=O)C(=O)c1ccc(C(F)(F)F)cc1. The van der Waals surface area contributed by atoms with Crippen LogP contribution in [0.1, 0.15) is 56.8 Å². The van der Waals surface area contributed by atoms with Gasteiger partial charge in [0, 0.05) is 6.93 Å². The molecule has 10 heteroatoms. The first-order chi connectivity index (χ1) is 13.1. The summed E-state index contributed by atoms with van der Waals surface area (Å²) in [5.41, 5.74) is 6.89. The van der Waals surface area contributed by atoms with E-state index in [1.807, 2.05) is 0 Å². The summed E-state index contributed by atoms with van der Waals surface area (Å²) in [6.45, 7) is 3.37. The third-order valence-corrected chi connectivity index (χ3v) is 6.36. The van der Waals surface area contributed by atoms with Gasteiger partial charge in [-0.15, -0.1) is 0 Å². The van der Waals surface area contributed by atoms with Crippen LogP contribution >= 0.6 is 0 Å². The number of carbonyl (C=O) groups excluding carboxylic acids is 2. The Bertz CT molecular complexity index is 851. The first-order valence-corrected chi connectivity index (χ1v) is 10.3. The summed E-state index contributed by atoms with van der Waals surface area (Å²) in [5, 5.41) is -1.96. The number of sulfone groups is 1. The highest BCUT2D eigenvalue weighted by molar-refractivity contribution is 7.92. The molecule has 1 rings (SSSR count). The molecule has 0 aliphatic carbocycles. The maximum atomic E-state index is 12.9. The molecule has 0 saturated heterocycles. The van der Waals surface area contributed by atoms with Crippen LogP contribution < -0.4 is 11.5 Å². The monoisotopic (exact) mass is 423 g/mol. The predicted octanol–water partition coefficient (Wildman–Crippen LogP) is 2.45. The van der Waals surface area contributed by atoms with Gasteiger partial charge in [-0.05, 0) is 25.0 Å². The average molecular weight is 423 g/mol. The molecule has 1 aromatic rings. The number of rotatable bonds is 10. The van der Waals surface area contributed by atoms with Gasteiger partial charge in [0.2, 0.25) is 5.91 Å². The molecular formula is C18H25F3N2O4S. The van der Waals surface area contributed by atoms with E-state index in [-0.39, 0.29) is 12.8 Å². The van der Waals surface area contributed by atoms with Crippen molar-refractivity contribution in [3.63, 3.8) is 0 Å². The Morgan fingerprint density at radius 3 is 1.93 bits per heavy atom. The van der Waals surface area contributed by atoms with Gasteiger partial charge in [-0.3, -0.25) is 9.59 Å². The molecule has 0 fully saturated rings. The highest BCUT2D eigenvalue weighted by Gasteiger charge is 2.46. The zero-order valence-corrected chi connectivity index (χ0v) is 16.5. The Hall–Kier alpha value is -1.94. The second-order valence-corrected chi connectivity index (χ2v) is 8.63. The van der Waals surface area contributed by atoms with E-state index in [0.717, 1.165) is 12.1 Å². The molecule has 6 nitrogen and oxygen atoms in total. The molecule has 4 N–H and O–H groups in total. The molecule has 1 atom stereocenters. The van der Waals surface area contributed by atoms with Gasteiger partial charge in [0.05, 0.1) is 16.5 Å². The average Bonchev–Trinajstić information content (AvgIpc) is 2.60. The van der Waals surface area contributed by atoms with Crippen molar-refractivity contribution < 1.29 is 32.5 Å². The van der Waals surface area contributed by atoms with Crippen LogP contribution in [0.5, 0.6) is 0 Å². The molecule has 0 heterocycles. The molecule has 158 valence electrons. The van der Waals surface area contributed by atoms with Crippen molar-refractivity contribution in [1.82, 2.24) is 0 Å². The Morgan fingerprint density at radius 1 is 1.11 bits per heavy atom. The number of halogens is 3. The molecule has 0 saturated carbocycles. The second kappa shape index (κ2) is 9.04. The summed E-state index contributed by atoms with van der Waals surface area (Å²) in [7, 11) is -4.39. The molecule has 1 amide bonds. The molecule has 0 unspecified atom stereocenters. The standard InChI is InChI=1S/C18H25F3N2O4S/c1-3-5-14(6-4-2)28(26,27)11-17(23,16(22)25)15(24)12-7-9-13(10-8-12)18(19,20)21/h7-10,14H,3-6,11,23H2,1-2H3,(H2,22,25)/t17-/m1/s1/i14D. The maximum Gasteiger partial charge on any atom is 0.416 e. The molecule has 28 heavy (non-hydrogen) atoms. The van der Waals surface area contributed by atoms with Crippen LogP contribution in [0.15, 0.2) is 24.3 Å². The van der Waals surface area contributed by atoms with E-state index in [4.69, 9.17) is 12.8 Å². The number of amides is 1. The molecule has 0 radical (unpaired) electrons. The summed E-state index contributed by atoms with van der Waals surface area (Å²) < 4.78 is 72.2. The zero-order chi connectivity index (χ0) is 22.7. The van der Waals surface area contributed by atoms with Gasteiger partial charge in [-0.2, -0.15) is 13.2 Å². The summed E-state index contributed by atoms with van der Waals surface area (Å²) in [6, 6.07) is 2.83. The lowest BCUT2D eigenvalue weighted by atomic mass is 9.91. The van der Waals surface area contributed by atoms with E-state index in [9.17, 15) is 31.2 Å². The van der Waals surface area contributed by atoms with Gasteiger partial charge in [-0.25, -0.2) is 8.42 Å². The second-order valence-electron chi connectivity index (χ2n) is 6.54. The Kier molecular flexibility index (Phi) is 7.22. The fourth-order valence-corrected chi connectivity index (χ4v) is 4.82. The van der Waals surface area contributed by atoms with Crippen molar-refractivity contribution in [1.29, 1.82) is 0 Å². The lowest BCUT2D eigenvalue weighted by Crippen LogP contribution is -2.63. The number of hydrogen-bond donors (Lipinski definition) is 2. The molecule has 0 spiro atoms. The fourth-order valence-electron chi connectivity index (χ4n) is 2.71. The van der Waals surface area contributed by atoms with Crippen LogP contribution in [0, 0.1) is 0 Å². The lowest BCUT2D eigenvalue weighted by molar-refractivity contribution is -0.137. The smallest absolute Gasteiger partial charge is 0.368 e. The van der Waals surface area contributed by atoms with Gasteiger partial charge in [0.25, 0.3) is 0 Å². The number of carbonyl (C=O) groups is 2. The van der Waals surface area contributed by atoms with Crippen LogP contribution in [0.2, 0.25) is 0 Å². The predicted molar refractivity (Wildman–Crippen MR) is 99.3 cm³/mol. The normalized spacial score (nSPS) is 15.6. The third-order valence-electron chi connectivity index (χ3n) is 4.23. The van der Waals surface area contributed by atoms with Crippen molar-refractivity contribution in [2.45, 2.75) is 56.5 Å². The molecule has 0 aliphatic rings. The van der Waals surface area contributed by atoms with Crippen molar-refractivity contribution in [3.05, 3.63) is 35.4 Å². The first kappa shape index (κ1) is 22.4. The number of Topliss-reactive ketones (excluding diaryl/α,β-unsaturated/α-hetero) is 1. The van der Waals surface area contributed by atoms with Gasteiger partial charge < -0.3 is 11.5 Å². The number of primary amides is 1. The van der Waals surface area contributed by atoms with E-state index < -0.39 is 55.3 Å². The highest BCUT2D eigenvalue weighted by atomic mass is 32.2. The highest BCUT2D eigenvalue weighted by Crippen LogP contribution is 2.30. The van der Waals surface area contributed by atoms with E-state index >= 15 is 0 Å². The van der Waals surface area contributed by atoms with Gasteiger partial charge >= 0.3 is 6.18 Å². The lowest BCUT2D eigenvalue weighted by Gasteiger charge is -2.27. The fraction of sp³-hybridized carbons (Fsp3) is 0.556. The number of ketones is 1. The van der Waals surface area contributed by atoms with Crippen LogP contribution in [0.25, 0.3) is 0 Å². The van der Waals surface area contributed by atoms with E-state index in [0.29, 0.717) is 25.0 Å².